The van der Waals surface area contributed by atoms with E-state index in [1.54, 1.807) is 0 Å². The van der Waals surface area contributed by atoms with Gasteiger partial charge in [-0.15, -0.1) is 0 Å². The van der Waals surface area contributed by atoms with E-state index in [1.165, 1.54) is 13.3 Å². The van der Waals surface area contributed by atoms with Crippen LogP contribution in [-0.2, 0) is 14.3 Å². The number of rotatable bonds is 2. The van der Waals surface area contributed by atoms with Crippen molar-refractivity contribution < 1.29 is 14.3 Å². The Kier molecular flexibility index (Phi) is 3.28. The lowest BCUT2D eigenvalue weighted by molar-refractivity contribution is -0.149. The number of esters is 1. The molecule has 3 nitrogen and oxygen atoms in total. The summed E-state index contributed by atoms with van der Waals surface area (Å²) in [6.45, 7) is 2.72. The molecule has 0 aliphatic carbocycles. The molecule has 1 aliphatic rings. The lowest BCUT2D eigenvalue weighted by atomic mass is 10.1. The monoisotopic (exact) mass is 188 g/mol. The van der Waals surface area contributed by atoms with E-state index in [2.05, 4.69) is 0 Å². The fourth-order valence-corrected chi connectivity index (χ4v) is 2.06. The van der Waals surface area contributed by atoms with Gasteiger partial charge in [-0.3, -0.25) is 4.79 Å². The molecule has 1 saturated heterocycles. The molecule has 1 aliphatic heterocycles. The second kappa shape index (κ2) is 4.05. The lowest BCUT2D eigenvalue weighted by Crippen LogP contribution is -2.41. The molecule has 0 spiro atoms. The van der Waals surface area contributed by atoms with Gasteiger partial charge >= 0.3 is 5.97 Å². The van der Waals surface area contributed by atoms with E-state index in [9.17, 15) is 4.79 Å². The van der Waals surface area contributed by atoms with Crippen molar-refractivity contribution in [1.82, 2.24) is 0 Å². The van der Waals surface area contributed by atoms with E-state index < -0.39 is 0 Å². The summed E-state index contributed by atoms with van der Waals surface area (Å²) in [7, 11) is 0.936. The molecule has 0 aromatic rings. The van der Waals surface area contributed by atoms with Gasteiger partial charge in [0.15, 0.2) is 0 Å². The SMILES string of the molecule is CC(=O)OCC1([SiH3])CCCCO1. The molecule has 0 radical (unpaired) electrons. The van der Waals surface area contributed by atoms with Crippen LogP contribution in [0.1, 0.15) is 26.2 Å². The highest BCUT2D eigenvalue weighted by atomic mass is 28.1. The van der Waals surface area contributed by atoms with Crippen molar-refractivity contribution in [2.45, 2.75) is 31.4 Å². The summed E-state index contributed by atoms with van der Waals surface area (Å²) < 4.78 is 10.6. The van der Waals surface area contributed by atoms with Gasteiger partial charge in [-0.2, -0.15) is 0 Å². The second-order valence-corrected chi connectivity index (χ2v) is 5.36. The zero-order valence-corrected chi connectivity index (χ0v) is 9.76. The van der Waals surface area contributed by atoms with Crippen molar-refractivity contribution in [2.75, 3.05) is 13.2 Å². The zero-order valence-electron chi connectivity index (χ0n) is 7.76. The quantitative estimate of drug-likeness (QED) is 0.445. The molecule has 1 heterocycles. The largest absolute Gasteiger partial charge is 0.463 e. The molecule has 1 unspecified atom stereocenters. The molecular formula is C8H16O3Si. The van der Waals surface area contributed by atoms with Crippen molar-refractivity contribution in [1.29, 1.82) is 0 Å². The Morgan fingerprint density at radius 1 is 1.67 bits per heavy atom. The first-order chi connectivity index (χ1) is 5.62. The highest BCUT2D eigenvalue weighted by Gasteiger charge is 2.28. The molecule has 0 aromatic heterocycles. The minimum Gasteiger partial charge on any atom is -0.463 e. The van der Waals surface area contributed by atoms with E-state index in [1.807, 2.05) is 0 Å². The third-order valence-electron chi connectivity index (χ3n) is 2.13. The number of hydrogen-bond acceptors (Lipinski definition) is 3. The first-order valence-corrected chi connectivity index (χ1v) is 5.40. The highest BCUT2D eigenvalue weighted by molar-refractivity contribution is 6.14. The Morgan fingerprint density at radius 3 is 2.92 bits per heavy atom. The van der Waals surface area contributed by atoms with E-state index in [0.717, 1.165) is 29.7 Å². The van der Waals surface area contributed by atoms with Crippen LogP contribution in [0.3, 0.4) is 0 Å². The van der Waals surface area contributed by atoms with Crippen molar-refractivity contribution in [3.05, 3.63) is 0 Å². The third kappa shape index (κ3) is 2.95. The zero-order chi connectivity index (χ0) is 9.03. The summed E-state index contributed by atoms with van der Waals surface area (Å²) in [6, 6.07) is 0. The molecule has 0 saturated carbocycles. The molecule has 0 N–H and O–H groups in total. The summed E-state index contributed by atoms with van der Waals surface area (Å²) in [5.74, 6) is -0.209. The normalized spacial score (nSPS) is 30.1. The van der Waals surface area contributed by atoms with E-state index in [4.69, 9.17) is 9.47 Å². The van der Waals surface area contributed by atoms with Crippen LogP contribution in [0.5, 0.6) is 0 Å². The molecule has 12 heavy (non-hydrogen) atoms. The maximum absolute atomic E-state index is 10.6. The van der Waals surface area contributed by atoms with Crippen LogP contribution in [0.4, 0.5) is 0 Å². The first kappa shape index (κ1) is 9.73. The molecule has 0 aromatic carbocycles. The Balaban J connectivity index is 2.31. The molecule has 0 amide bonds. The van der Waals surface area contributed by atoms with E-state index in [0.29, 0.717) is 6.61 Å². The molecule has 1 atom stereocenters. The van der Waals surface area contributed by atoms with Crippen LogP contribution in [-0.4, -0.2) is 34.6 Å². The Labute approximate surface area is 75.8 Å². The van der Waals surface area contributed by atoms with Gasteiger partial charge in [0, 0.05) is 23.8 Å². The van der Waals surface area contributed by atoms with Crippen LogP contribution in [0.2, 0.25) is 0 Å². The topological polar surface area (TPSA) is 35.5 Å². The van der Waals surface area contributed by atoms with Gasteiger partial charge in [-0.1, -0.05) is 0 Å². The van der Waals surface area contributed by atoms with Gasteiger partial charge < -0.3 is 9.47 Å². The minimum atomic E-state index is -0.209. The molecule has 0 bridgehead atoms. The average Bonchev–Trinajstić information content (AvgIpc) is 2.03. The lowest BCUT2D eigenvalue weighted by Gasteiger charge is -2.33. The van der Waals surface area contributed by atoms with Crippen LogP contribution in [0.15, 0.2) is 0 Å². The predicted octanol–water partition coefficient (Wildman–Crippen LogP) is -0.188. The van der Waals surface area contributed by atoms with Crippen LogP contribution in [0.25, 0.3) is 0 Å². The molecule has 70 valence electrons. The fraction of sp³-hybridized carbons (Fsp3) is 0.875. The maximum Gasteiger partial charge on any atom is 0.302 e. The van der Waals surface area contributed by atoms with E-state index in [-0.39, 0.29) is 11.2 Å². The van der Waals surface area contributed by atoms with Crippen LogP contribution < -0.4 is 0 Å². The van der Waals surface area contributed by atoms with Gasteiger partial charge in [0.1, 0.15) is 6.61 Å². The third-order valence-corrected chi connectivity index (χ3v) is 3.21. The summed E-state index contributed by atoms with van der Waals surface area (Å²) in [4.78, 5) is 10.6. The number of ether oxygens (including phenoxy) is 2. The van der Waals surface area contributed by atoms with Crippen molar-refractivity contribution in [3.8, 4) is 0 Å². The van der Waals surface area contributed by atoms with Gasteiger partial charge in [0.05, 0.1) is 5.22 Å². The van der Waals surface area contributed by atoms with Gasteiger partial charge in [0.25, 0.3) is 0 Å². The fourth-order valence-electron chi connectivity index (χ4n) is 1.36. The van der Waals surface area contributed by atoms with Crippen molar-refractivity contribution >= 4 is 16.2 Å². The molecule has 1 rings (SSSR count). The Bertz CT molecular complexity index is 164. The first-order valence-electron chi connectivity index (χ1n) is 4.40. The number of carbonyl (C=O) groups excluding carboxylic acids is 1. The second-order valence-electron chi connectivity index (χ2n) is 3.54. The van der Waals surface area contributed by atoms with Gasteiger partial charge in [0.2, 0.25) is 0 Å². The van der Waals surface area contributed by atoms with Crippen molar-refractivity contribution in [3.63, 3.8) is 0 Å². The number of hydrogen-bond donors (Lipinski definition) is 0. The summed E-state index contributed by atoms with van der Waals surface area (Å²) >= 11 is 0. The predicted molar refractivity (Wildman–Crippen MR) is 49.1 cm³/mol. The van der Waals surface area contributed by atoms with Gasteiger partial charge in [-0.05, 0) is 19.3 Å². The van der Waals surface area contributed by atoms with Crippen LogP contribution >= 0.6 is 0 Å². The number of carbonyl (C=O) groups is 1. The van der Waals surface area contributed by atoms with Crippen molar-refractivity contribution in [2.24, 2.45) is 0 Å². The van der Waals surface area contributed by atoms with E-state index >= 15 is 0 Å². The average molecular weight is 188 g/mol. The Morgan fingerprint density at radius 2 is 2.42 bits per heavy atom. The maximum atomic E-state index is 10.6. The molecular weight excluding hydrogens is 172 g/mol. The van der Waals surface area contributed by atoms with Gasteiger partial charge in [-0.25, -0.2) is 0 Å². The smallest absolute Gasteiger partial charge is 0.302 e. The summed E-state index contributed by atoms with van der Waals surface area (Å²) in [5.41, 5.74) is 0. The summed E-state index contributed by atoms with van der Waals surface area (Å²) in [6.07, 6.45) is 3.39. The molecule has 1 fully saturated rings. The van der Waals surface area contributed by atoms with Crippen LogP contribution in [0, 0.1) is 0 Å². The Hall–Kier alpha value is -0.353. The summed E-state index contributed by atoms with van der Waals surface area (Å²) in [5, 5.41) is -0.0933. The minimum absolute atomic E-state index is 0.0933. The molecule has 4 heteroatoms. The standard InChI is InChI=1S/C8H16O3Si/c1-7(9)10-6-8(12)4-2-3-5-11-8/h2-6H2,1,12H3. The highest BCUT2D eigenvalue weighted by Crippen LogP contribution is 2.21.